The van der Waals surface area contributed by atoms with Gasteiger partial charge in [-0.25, -0.2) is 4.98 Å². The predicted octanol–water partition coefficient (Wildman–Crippen LogP) is 4.22. The summed E-state index contributed by atoms with van der Waals surface area (Å²) in [6.07, 6.45) is 0. The van der Waals surface area contributed by atoms with Gasteiger partial charge in [0.15, 0.2) is 5.15 Å². The first kappa shape index (κ1) is 14.6. The smallest absolute Gasteiger partial charge is 0.269 e. The van der Waals surface area contributed by atoms with E-state index in [1.807, 2.05) is 6.92 Å². The zero-order valence-corrected chi connectivity index (χ0v) is 12.1. The second-order valence-corrected chi connectivity index (χ2v) is 4.95. The van der Waals surface area contributed by atoms with Gasteiger partial charge >= 0.3 is 0 Å². The molecule has 1 aromatic heterocycles. The van der Waals surface area contributed by atoms with Crippen molar-refractivity contribution in [2.24, 2.45) is 0 Å². The minimum atomic E-state index is -0.429. The highest BCUT2D eigenvalue weighted by Crippen LogP contribution is 2.27. The molecule has 2 rings (SSSR count). The maximum atomic E-state index is 10.6. The number of nitro benzene ring substituents is 1. The molecule has 104 valence electrons. The van der Waals surface area contributed by atoms with Crippen LogP contribution in [0.5, 0.6) is 0 Å². The van der Waals surface area contributed by atoms with Crippen molar-refractivity contribution in [2.75, 3.05) is 5.32 Å². The van der Waals surface area contributed by atoms with Crippen LogP contribution < -0.4 is 5.32 Å². The topological polar surface area (TPSA) is 68.1 Å². The first-order valence-electron chi connectivity index (χ1n) is 5.77. The summed E-state index contributed by atoms with van der Waals surface area (Å²) in [7, 11) is 0. The molecular weight excluding hydrogens is 301 g/mol. The monoisotopic (exact) mass is 311 g/mol. The maximum Gasteiger partial charge on any atom is 0.269 e. The molecule has 0 aliphatic rings. The summed E-state index contributed by atoms with van der Waals surface area (Å²) in [6.45, 7) is 2.36. The Morgan fingerprint density at radius 3 is 2.50 bits per heavy atom. The molecule has 1 heterocycles. The number of aryl methyl sites for hydroxylation is 1. The van der Waals surface area contributed by atoms with Crippen LogP contribution in [-0.2, 0) is 6.54 Å². The molecule has 0 bridgehead atoms. The summed E-state index contributed by atoms with van der Waals surface area (Å²) in [6, 6.07) is 8.03. The Kier molecular flexibility index (Phi) is 4.42. The number of nitrogens with one attached hydrogen (secondary N) is 1. The normalized spacial score (nSPS) is 10.3. The molecule has 0 saturated heterocycles. The standard InChI is InChI=1S/C13H11Cl2N3O2/c1-8-6-11(14)17-13(15)12(8)16-7-9-2-4-10(5-3-9)18(19)20/h2-6,16H,7H2,1H3. The van der Waals surface area contributed by atoms with Crippen molar-refractivity contribution >= 4 is 34.6 Å². The summed E-state index contributed by atoms with van der Waals surface area (Å²) >= 11 is 11.8. The van der Waals surface area contributed by atoms with E-state index < -0.39 is 4.92 Å². The van der Waals surface area contributed by atoms with E-state index in [1.165, 1.54) is 12.1 Å². The van der Waals surface area contributed by atoms with Crippen LogP contribution in [0, 0.1) is 17.0 Å². The van der Waals surface area contributed by atoms with Crippen molar-refractivity contribution in [3.05, 3.63) is 61.9 Å². The summed E-state index contributed by atoms with van der Waals surface area (Å²) in [5, 5.41) is 14.4. The molecule has 5 nitrogen and oxygen atoms in total. The number of hydrogen-bond donors (Lipinski definition) is 1. The third-order valence-electron chi connectivity index (χ3n) is 2.76. The van der Waals surface area contributed by atoms with Gasteiger partial charge in [0.2, 0.25) is 0 Å². The molecule has 0 unspecified atom stereocenters. The molecule has 7 heteroatoms. The van der Waals surface area contributed by atoms with Gasteiger partial charge in [-0.15, -0.1) is 0 Å². The molecule has 0 spiro atoms. The number of aromatic nitrogens is 1. The van der Waals surface area contributed by atoms with Gasteiger partial charge in [-0.3, -0.25) is 10.1 Å². The summed E-state index contributed by atoms with van der Waals surface area (Å²) in [4.78, 5) is 14.1. The van der Waals surface area contributed by atoms with Gasteiger partial charge in [0.05, 0.1) is 10.6 Å². The fourth-order valence-corrected chi connectivity index (χ4v) is 2.33. The van der Waals surface area contributed by atoms with Gasteiger partial charge in [-0.05, 0) is 24.1 Å². The highest BCUT2D eigenvalue weighted by Gasteiger charge is 2.08. The third kappa shape index (κ3) is 3.37. The highest BCUT2D eigenvalue weighted by atomic mass is 35.5. The van der Waals surface area contributed by atoms with Crippen molar-refractivity contribution in [3.8, 4) is 0 Å². The Balaban J connectivity index is 2.11. The molecule has 0 radical (unpaired) electrons. The van der Waals surface area contributed by atoms with Crippen LogP contribution in [0.1, 0.15) is 11.1 Å². The lowest BCUT2D eigenvalue weighted by atomic mass is 10.2. The summed E-state index contributed by atoms with van der Waals surface area (Å²) in [5.74, 6) is 0. The lowest BCUT2D eigenvalue weighted by Crippen LogP contribution is -2.03. The van der Waals surface area contributed by atoms with E-state index in [0.717, 1.165) is 11.1 Å². The predicted molar refractivity (Wildman–Crippen MR) is 79.4 cm³/mol. The average molecular weight is 312 g/mol. The lowest BCUT2D eigenvalue weighted by molar-refractivity contribution is -0.384. The van der Waals surface area contributed by atoms with E-state index in [2.05, 4.69) is 10.3 Å². The Hall–Kier alpha value is -1.85. The van der Waals surface area contributed by atoms with Gasteiger partial charge in [-0.2, -0.15) is 0 Å². The van der Waals surface area contributed by atoms with E-state index in [9.17, 15) is 10.1 Å². The summed E-state index contributed by atoms with van der Waals surface area (Å²) in [5.41, 5.74) is 2.56. The average Bonchev–Trinajstić information content (AvgIpc) is 2.38. The van der Waals surface area contributed by atoms with Crippen molar-refractivity contribution in [1.82, 2.24) is 4.98 Å². The fraction of sp³-hybridized carbons (Fsp3) is 0.154. The zero-order valence-electron chi connectivity index (χ0n) is 10.6. The zero-order chi connectivity index (χ0) is 14.7. The quantitative estimate of drug-likeness (QED) is 0.521. The van der Waals surface area contributed by atoms with Crippen LogP contribution >= 0.6 is 23.2 Å². The molecule has 0 aliphatic heterocycles. The second-order valence-electron chi connectivity index (χ2n) is 4.20. The highest BCUT2D eigenvalue weighted by molar-refractivity contribution is 6.34. The first-order valence-corrected chi connectivity index (χ1v) is 6.53. The van der Waals surface area contributed by atoms with Crippen molar-refractivity contribution in [1.29, 1.82) is 0 Å². The van der Waals surface area contributed by atoms with Gasteiger partial charge < -0.3 is 5.32 Å². The fourth-order valence-electron chi connectivity index (χ4n) is 1.73. The maximum absolute atomic E-state index is 10.6. The largest absolute Gasteiger partial charge is 0.378 e. The number of halogens is 2. The SMILES string of the molecule is Cc1cc(Cl)nc(Cl)c1NCc1ccc([N+](=O)[O-])cc1. The van der Waals surface area contributed by atoms with Crippen molar-refractivity contribution < 1.29 is 4.92 Å². The second kappa shape index (κ2) is 6.07. The number of hydrogen-bond acceptors (Lipinski definition) is 4. The van der Waals surface area contributed by atoms with Crippen molar-refractivity contribution in [2.45, 2.75) is 13.5 Å². The Morgan fingerprint density at radius 1 is 1.30 bits per heavy atom. The molecule has 0 aliphatic carbocycles. The van der Waals surface area contributed by atoms with Crippen molar-refractivity contribution in [3.63, 3.8) is 0 Å². The number of pyridine rings is 1. The van der Waals surface area contributed by atoms with Crippen LogP contribution in [0.25, 0.3) is 0 Å². The molecule has 0 saturated carbocycles. The first-order chi connectivity index (χ1) is 9.47. The lowest BCUT2D eigenvalue weighted by Gasteiger charge is -2.11. The number of nitrogens with zero attached hydrogens (tertiary/aromatic N) is 2. The molecule has 0 amide bonds. The number of non-ortho nitro benzene ring substituents is 1. The van der Waals surface area contributed by atoms with E-state index in [0.29, 0.717) is 22.5 Å². The van der Waals surface area contributed by atoms with Gasteiger partial charge in [0.25, 0.3) is 5.69 Å². The van der Waals surface area contributed by atoms with E-state index in [-0.39, 0.29) is 5.69 Å². The Morgan fingerprint density at radius 2 is 1.95 bits per heavy atom. The molecule has 2 aromatic rings. The third-order valence-corrected chi connectivity index (χ3v) is 3.22. The Bertz CT molecular complexity index is 622. The molecule has 0 fully saturated rings. The van der Waals surface area contributed by atoms with Crippen LogP contribution in [0.15, 0.2) is 30.3 Å². The Labute approximate surface area is 125 Å². The van der Waals surface area contributed by atoms with E-state index in [1.54, 1.807) is 18.2 Å². The summed E-state index contributed by atoms with van der Waals surface area (Å²) < 4.78 is 0. The van der Waals surface area contributed by atoms with E-state index >= 15 is 0 Å². The number of benzene rings is 1. The minimum absolute atomic E-state index is 0.0659. The number of rotatable bonds is 4. The number of nitro groups is 1. The molecule has 1 N–H and O–H groups in total. The molecule has 1 aromatic carbocycles. The van der Waals surface area contributed by atoms with E-state index in [4.69, 9.17) is 23.2 Å². The van der Waals surface area contributed by atoms with Gasteiger partial charge in [0.1, 0.15) is 5.15 Å². The van der Waals surface area contributed by atoms with Crippen LogP contribution in [0.4, 0.5) is 11.4 Å². The molecular formula is C13H11Cl2N3O2. The molecule has 0 atom stereocenters. The number of anilines is 1. The van der Waals surface area contributed by atoms with Crippen LogP contribution in [-0.4, -0.2) is 9.91 Å². The van der Waals surface area contributed by atoms with Crippen LogP contribution in [0.3, 0.4) is 0 Å². The minimum Gasteiger partial charge on any atom is -0.378 e. The van der Waals surface area contributed by atoms with Gasteiger partial charge in [0, 0.05) is 18.7 Å². The van der Waals surface area contributed by atoms with Crippen LogP contribution in [0.2, 0.25) is 10.3 Å². The molecule has 20 heavy (non-hydrogen) atoms. The van der Waals surface area contributed by atoms with Gasteiger partial charge in [-0.1, -0.05) is 35.3 Å².